The summed E-state index contributed by atoms with van der Waals surface area (Å²) in [5, 5.41) is 0. The molecular weight excluding hydrogens is 200 g/mol. The smallest absolute Gasteiger partial charge is 0.243 e. The summed E-state index contributed by atoms with van der Waals surface area (Å²) in [6, 6.07) is 9.14. The van der Waals surface area contributed by atoms with E-state index in [-0.39, 0.29) is 11.8 Å². The van der Waals surface area contributed by atoms with Crippen molar-refractivity contribution in [3.63, 3.8) is 0 Å². The minimum atomic E-state index is -0.421. The normalized spacial score (nSPS) is 14.2. The highest BCUT2D eigenvalue weighted by molar-refractivity contribution is 5.96. The van der Waals surface area contributed by atoms with Gasteiger partial charge in [0.05, 0.1) is 6.04 Å². The van der Waals surface area contributed by atoms with Crippen molar-refractivity contribution >= 4 is 11.6 Å². The first-order chi connectivity index (χ1) is 7.57. The van der Waals surface area contributed by atoms with E-state index in [4.69, 9.17) is 5.73 Å². The van der Waals surface area contributed by atoms with Gasteiger partial charge in [-0.25, -0.2) is 0 Å². The SMILES string of the molecule is CCC(C)C(N)C(=O)N(C)c1ccccc1. The summed E-state index contributed by atoms with van der Waals surface area (Å²) in [6.45, 7) is 4.04. The van der Waals surface area contributed by atoms with Gasteiger partial charge in [-0.1, -0.05) is 38.5 Å². The van der Waals surface area contributed by atoms with Crippen LogP contribution in [0.1, 0.15) is 20.3 Å². The standard InChI is InChI=1S/C13H20N2O/c1-4-10(2)12(14)13(16)15(3)11-8-6-5-7-9-11/h5-10,12H,4,14H2,1-3H3. The van der Waals surface area contributed by atoms with E-state index in [1.165, 1.54) is 0 Å². The second-order valence-corrected chi connectivity index (χ2v) is 4.14. The van der Waals surface area contributed by atoms with Gasteiger partial charge in [0.15, 0.2) is 0 Å². The maximum atomic E-state index is 12.0. The van der Waals surface area contributed by atoms with Gasteiger partial charge in [-0.2, -0.15) is 0 Å². The molecule has 0 fully saturated rings. The number of nitrogens with two attached hydrogens (primary N) is 1. The highest BCUT2D eigenvalue weighted by atomic mass is 16.2. The van der Waals surface area contributed by atoms with Crippen LogP contribution in [0, 0.1) is 5.92 Å². The summed E-state index contributed by atoms with van der Waals surface area (Å²) >= 11 is 0. The van der Waals surface area contributed by atoms with Crippen molar-refractivity contribution in [3.05, 3.63) is 30.3 Å². The van der Waals surface area contributed by atoms with Crippen molar-refractivity contribution in [1.82, 2.24) is 0 Å². The third-order valence-electron chi connectivity index (χ3n) is 3.02. The van der Waals surface area contributed by atoms with E-state index < -0.39 is 6.04 Å². The Morgan fingerprint density at radius 2 is 1.94 bits per heavy atom. The molecule has 0 spiro atoms. The molecule has 2 atom stereocenters. The van der Waals surface area contributed by atoms with Gasteiger partial charge in [0.1, 0.15) is 0 Å². The number of amides is 1. The zero-order valence-corrected chi connectivity index (χ0v) is 10.2. The van der Waals surface area contributed by atoms with Crippen molar-refractivity contribution in [2.24, 2.45) is 11.7 Å². The first-order valence-electron chi connectivity index (χ1n) is 5.66. The minimum absolute atomic E-state index is 0.0273. The Kier molecular flexibility index (Phi) is 4.50. The number of carbonyl (C=O) groups excluding carboxylic acids is 1. The summed E-state index contributed by atoms with van der Waals surface area (Å²) < 4.78 is 0. The second-order valence-electron chi connectivity index (χ2n) is 4.14. The van der Waals surface area contributed by atoms with Crippen LogP contribution in [0.4, 0.5) is 5.69 Å². The molecule has 2 N–H and O–H groups in total. The predicted molar refractivity (Wildman–Crippen MR) is 67.3 cm³/mol. The monoisotopic (exact) mass is 220 g/mol. The number of carbonyl (C=O) groups is 1. The topological polar surface area (TPSA) is 46.3 Å². The van der Waals surface area contributed by atoms with Crippen molar-refractivity contribution < 1.29 is 4.79 Å². The lowest BCUT2D eigenvalue weighted by Crippen LogP contribution is -2.45. The second kappa shape index (κ2) is 5.66. The fraction of sp³-hybridized carbons (Fsp3) is 0.462. The number of rotatable bonds is 4. The molecule has 16 heavy (non-hydrogen) atoms. The van der Waals surface area contributed by atoms with Crippen molar-refractivity contribution in [3.8, 4) is 0 Å². The lowest BCUT2D eigenvalue weighted by Gasteiger charge is -2.24. The largest absolute Gasteiger partial charge is 0.320 e. The summed E-state index contributed by atoms with van der Waals surface area (Å²) in [7, 11) is 1.76. The molecular formula is C13H20N2O. The van der Waals surface area contributed by atoms with Crippen molar-refractivity contribution in [2.45, 2.75) is 26.3 Å². The summed E-state index contributed by atoms with van der Waals surface area (Å²) in [5.74, 6) is 0.180. The molecule has 0 bridgehead atoms. The summed E-state index contributed by atoms with van der Waals surface area (Å²) in [6.07, 6.45) is 0.912. The molecule has 0 aliphatic rings. The number of likely N-dealkylation sites (N-methyl/N-ethyl adjacent to an activating group) is 1. The molecule has 1 aromatic rings. The van der Waals surface area contributed by atoms with Gasteiger partial charge < -0.3 is 10.6 Å². The third-order valence-corrected chi connectivity index (χ3v) is 3.02. The van der Waals surface area contributed by atoms with E-state index in [0.717, 1.165) is 12.1 Å². The van der Waals surface area contributed by atoms with Gasteiger partial charge in [0.2, 0.25) is 5.91 Å². The van der Waals surface area contributed by atoms with Gasteiger partial charge in [-0.3, -0.25) is 4.79 Å². The lowest BCUT2D eigenvalue weighted by molar-refractivity contribution is -0.120. The van der Waals surface area contributed by atoms with Gasteiger partial charge in [-0.15, -0.1) is 0 Å². The van der Waals surface area contributed by atoms with Crippen molar-refractivity contribution in [1.29, 1.82) is 0 Å². The fourth-order valence-corrected chi connectivity index (χ4v) is 1.50. The molecule has 0 aliphatic carbocycles. The maximum Gasteiger partial charge on any atom is 0.243 e. The molecule has 0 radical (unpaired) electrons. The molecule has 1 amide bonds. The first kappa shape index (κ1) is 12.7. The number of anilines is 1. The number of hydrogen-bond donors (Lipinski definition) is 1. The fourth-order valence-electron chi connectivity index (χ4n) is 1.50. The molecule has 3 heteroatoms. The zero-order chi connectivity index (χ0) is 12.1. The van der Waals surface area contributed by atoms with Crippen LogP contribution < -0.4 is 10.6 Å². The molecule has 2 unspecified atom stereocenters. The van der Waals surface area contributed by atoms with E-state index in [1.54, 1.807) is 11.9 Å². The van der Waals surface area contributed by atoms with Crippen LogP contribution in [0.25, 0.3) is 0 Å². The molecule has 0 aromatic heterocycles. The Balaban J connectivity index is 2.75. The van der Waals surface area contributed by atoms with Gasteiger partial charge in [0.25, 0.3) is 0 Å². The minimum Gasteiger partial charge on any atom is -0.320 e. The number of benzene rings is 1. The average molecular weight is 220 g/mol. The van der Waals surface area contributed by atoms with E-state index in [2.05, 4.69) is 0 Å². The number of nitrogens with zero attached hydrogens (tertiary/aromatic N) is 1. The zero-order valence-electron chi connectivity index (χ0n) is 10.2. The molecule has 88 valence electrons. The quantitative estimate of drug-likeness (QED) is 0.843. The van der Waals surface area contributed by atoms with E-state index in [9.17, 15) is 4.79 Å². The van der Waals surface area contributed by atoms with Crippen LogP contribution in [0.3, 0.4) is 0 Å². The summed E-state index contributed by atoms with van der Waals surface area (Å²) in [5.41, 5.74) is 6.80. The highest BCUT2D eigenvalue weighted by Crippen LogP contribution is 2.15. The number of para-hydroxylation sites is 1. The molecule has 1 rings (SSSR count). The van der Waals surface area contributed by atoms with E-state index in [0.29, 0.717) is 0 Å². The van der Waals surface area contributed by atoms with Gasteiger partial charge >= 0.3 is 0 Å². The van der Waals surface area contributed by atoms with Crippen LogP contribution in [0.5, 0.6) is 0 Å². The van der Waals surface area contributed by atoms with Crippen LogP contribution in [0.2, 0.25) is 0 Å². The molecule has 3 nitrogen and oxygen atoms in total. The molecule has 0 saturated carbocycles. The van der Waals surface area contributed by atoms with Crippen LogP contribution in [-0.4, -0.2) is 19.0 Å². The van der Waals surface area contributed by atoms with Crippen LogP contribution in [-0.2, 0) is 4.79 Å². The Morgan fingerprint density at radius 1 is 1.38 bits per heavy atom. The average Bonchev–Trinajstić information content (AvgIpc) is 2.36. The van der Waals surface area contributed by atoms with Crippen LogP contribution in [0.15, 0.2) is 30.3 Å². The molecule has 0 heterocycles. The van der Waals surface area contributed by atoms with Crippen LogP contribution >= 0.6 is 0 Å². The van der Waals surface area contributed by atoms with E-state index in [1.807, 2.05) is 44.2 Å². The van der Waals surface area contributed by atoms with E-state index >= 15 is 0 Å². The Hall–Kier alpha value is -1.35. The van der Waals surface area contributed by atoms with Gasteiger partial charge in [-0.05, 0) is 18.1 Å². The number of hydrogen-bond acceptors (Lipinski definition) is 2. The molecule has 0 aliphatic heterocycles. The van der Waals surface area contributed by atoms with Crippen molar-refractivity contribution in [2.75, 3.05) is 11.9 Å². The maximum absolute atomic E-state index is 12.0. The van der Waals surface area contributed by atoms with Gasteiger partial charge in [0, 0.05) is 12.7 Å². The first-order valence-corrected chi connectivity index (χ1v) is 5.66. The Labute approximate surface area is 97.2 Å². The Bertz CT molecular complexity index is 337. The highest BCUT2D eigenvalue weighted by Gasteiger charge is 2.23. The molecule has 0 saturated heterocycles. The lowest BCUT2D eigenvalue weighted by atomic mass is 9.99. The Morgan fingerprint density at radius 3 is 2.44 bits per heavy atom. The molecule has 1 aromatic carbocycles. The third kappa shape index (κ3) is 2.83. The summed E-state index contributed by atoms with van der Waals surface area (Å²) in [4.78, 5) is 13.7. The predicted octanol–water partition coefficient (Wildman–Crippen LogP) is 2.02.